The van der Waals surface area contributed by atoms with Crippen molar-refractivity contribution in [2.24, 2.45) is 5.92 Å². The Morgan fingerprint density at radius 1 is 1.31 bits per heavy atom. The molecule has 6 nitrogen and oxygen atoms in total. The smallest absolute Gasteiger partial charge is 0.259 e. The molecule has 2 aromatic heterocycles. The fraction of sp³-hybridized carbons (Fsp3) is 0.684. The SMILES string of the molecule is COCC(O)CN(Cc1nc2sc3c(c2c(=O)[nH]1)CCCC3)CC(C)C. The van der Waals surface area contributed by atoms with Gasteiger partial charge in [0.15, 0.2) is 0 Å². The van der Waals surface area contributed by atoms with E-state index in [1.54, 1.807) is 18.4 Å². The van der Waals surface area contributed by atoms with Crippen LogP contribution in [0, 0.1) is 5.92 Å². The van der Waals surface area contributed by atoms with Crippen LogP contribution in [0.4, 0.5) is 0 Å². The van der Waals surface area contributed by atoms with E-state index in [-0.39, 0.29) is 5.56 Å². The van der Waals surface area contributed by atoms with E-state index in [1.807, 2.05) is 0 Å². The minimum Gasteiger partial charge on any atom is -0.389 e. The van der Waals surface area contributed by atoms with E-state index in [1.165, 1.54) is 16.9 Å². The molecule has 0 saturated heterocycles. The number of hydrogen-bond donors (Lipinski definition) is 2. The van der Waals surface area contributed by atoms with Gasteiger partial charge in [0.1, 0.15) is 10.7 Å². The van der Waals surface area contributed by atoms with Gasteiger partial charge < -0.3 is 14.8 Å². The maximum Gasteiger partial charge on any atom is 0.259 e. The minimum atomic E-state index is -0.553. The third-order valence-electron chi connectivity index (χ3n) is 4.70. The Kier molecular flexibility index (Phi) is 6.45. The van der Waals surface area contributed by atoms with Crippen molar-refractivity contribution in [3.63, 3.8) is 0 Å². The topological polar surface area (TPSA) is 78.5 Å². The third-order valence-corrected chi connectivity index (χ3v) is 5.88. The minimum absolute atomic E-state index is 0.0219. The molecule has 2 heterocycles. The number of aromatic nitrogens is 2. The van der Waals surface area contributed by atoms with Gasteiger partial charge in [0.2, 0.25) is 0 Å². The first kappa shape index (κ1) is 19.5. The predicted molar refractivity (Wildman–Crippen MR) is 105 cm³/mol. The lowest BCUT2D eigenvalue weighted by atomic mass is 9.97. The summed E-state index contributed by atoms with van der Waals surface area (Å²) in [4.78, 5) is 24.7. The number of aryl methyl sites for hydroxylation is 2. The van der Waals surface area contributed by atoms with E-state index in [0.717, 1.165) is 36.0 Å². The Morgan fingerprint density at radius 3 is 2.81 bits per heavy atom. The number of fused-ring (bicyclic) bond motifs is 3. The summed E-state index contributed by atoms with van der Waals surface area (Å²) in [6, 6.07) is 0. The van der Waals surface area contributed by atoms with Gasteiger partial charge in [-0.25, -0.2) is 4.98 Å². The molecule has 1 aliphatic rings. The molecule has 0 spiro atoms. The molecule has 0 bridgehead atoms. The zero-order valence-corrected chi connectivity index (χ0v) is 16.7. The van der Waals surface area contributed by atoms with Gasteiger partial charge in [-0.05, 0) is 37.2 Å². The van der Waals surface area contributed by atoms with Crippen molar-refractivity contribution in [3.05, 3.63) is 26.6 Å². The molecule has 2 N–H and O–H groups in total. The number of methoxy groups -OCH3 is 1. The highest BCUT2D eigenvalue weighted by atomic mass is 32.1. The number of nitrogens with zero attached hydrogens (tertiary/aromatic N) is 2. The van der Waals surface area contributed by atoms with E-state index in [2.05, 4.69) is 23.7 Å². The number of H-pyrrole nitrogens is 1. The van der Waals surface area contributed by atoms with Crippen molar-refractivity contribution >= 4 is 21.6 Å². The highest BCUT2D eigenvalue weighted by Gasteiger charge is 2.21. The number of nitrogens with one attached hydrogen (secondary N) is 1. The van der Waals surface area contributed by atoms with Gasteiger partial charge in [-0.2, -0.15) is 0 Å². The van der Waals surface area contributed by atoms with E-state index >= 15 is 0 Å². The van der Waals surface area contributed by atoms with E-state index < -0.39 is 6.10 Å². The Bertz CT molecular complexity index is 799. The maximum atomic E-state index is 12.7. The van der Waals surface area contributed by atoms with Crippen molar-refractivity contribution in [3.8, 4) is 0 Å². The molecule has 0 saturated carbocycles. The van der Waals surface area contributed by atoms with Gasteiger partial charge in [-0.1, -0.05) is 13.8 Å². The van der Waals surface area contributed by atoms with Gasteiger partial charge in [0.05, 0.1) is 24.6 Å². The van der Waals surface area contributed by atoms with Crippen LogP contribution in [0.25, 0.3) is 10.2 Å². The second-order valence-corrected chi connectivity index (χ2v) is 8.68. The number of hydrogen-bond acceptors (Lipinski definition) is 6. The lowest BCUT2D eigenvalue weighted by Crippen LogP contribution is -2.37. The van der Waals surface area contributed by atoms with E-state index in [4.69, 9.17) is 9.72 Å². The fourth-order valence-electron chi connectivity index (χ4n) is 3.76. The zero-order chi connectivity index (χ0) is 18.7. The Balaban J connectivity index is 1.84. The van der Waals surface area contributed by atoms with Crippen molar-refractivity contribution in [1.29, 1.82) is 0 Å². The third kappa shape index (κ3) is 4.52. The van der Waals surface area contributed by atoms with Crippen molar-refractivity contribution in [2.45, 2.75) is 52.2 Å². The van der Waals surface area contributed by atoms with Gasteiger partial charge in [0.25, 0.3) is 5.56 Å². The van der Waals surface area contributed by atoms with Gasteiger partial charge >= 0.3 is 0 Å². The van der Waals surface area contributed by atoms with E-state index in [9.17, 15) is 9.90 Å². The molecule has 0 fully saturated rings. The van der Waals surface area contributed by atoms with Gasteiger partial charge in [-0.3, -0.25) is 9.69 Å². The quantitative estimate of drug-likeness (QED) is 0.736. The first-order valence-electron chi connectivity index (χ1n) is 9.40. The summed E-state index contributed by atoms with van der Waals surface area (Å²) < 4.78 is 5.03. The van der Waals surface area contributed by atoms with Crippen LogP contribution >= 0.6 is 11.3 Å². The lowest BCUT2D eigenvalue weighted by molar-refractivity contribution is 0.0325. The second-order valence-electron chi connectivity index (χ2n) is 7.60. The molecule has 1 unspecified atom stereocenters. The standard InChI is InChI=1S/C19H29N3O3S/c1-12(2)8-22(9-13(23)11-25-3)10-16-20-18(24)17-14-6-4-5-7-15(14)26-19(17)21-16/h12-13,23H,4-11H2,1-3H3,(H,20,21,24). The number of rotatable bonds is 8. The normalized spacial score (nSPS) is 15.8. The van der Waals surface area contributed by atoms with Crippen LogP contribution < -0.4 is 5.56 Å². The van der Waals surface area contributed by atoms with E-state index in [0.29, 0.717) is 31.4 Å². The van der Waals surface area contributed by atoms with Crippen LogP contribution in [0.2, 0.25) is 0 Å². The Morgan fingerprint density at radius 2 is 2.08 bits per heavy atom. The molecule has 0 aliphatic heterocycles. The molecule has 3 rings (SSSR count). The second kappa shape index (κ2) is 8.61. The molecule has 0 aromatic carbocycles. The molecule has 0 amide bonds. The summed E-state index contributed by atoms with van der Waals surface area (Å²) in [6.07, 6.45) is 3.85. The summed E-state index contributed by atoms with van der Waals surface area (Å²) in [5.74, 6) is 1.13. The molecule has 7 heteroatoms. The number of aliphatic hydroxyl groups excluding tert-OH is 1. The summed E-state index contributed by atoms with van der Waals surface area (Å²) in [5, 5.41) is 10.9. The number of aromatic amines is 1. The van der Waals surface area contributed by atoms with Crippen LogP contribution in [-0.4, -0.2) is 52.9 Å². The predicted octanol–water partition coefficient (Wildman–Crippen LogP) is 2.33. The van der Waals surface area contributed by atoms with Crippen LogP contribution in [0.5, 0.6) is 0 Å². The molecule has 26 heavy (non-hydrogen) atoms. The van der Waals surface area contributed by atoms with Gasteiger partial charge in [-0.15, -0.1) is 11.3 Å². The molecule has 2 aromatic rings. The Labute approximate surface area is 158 Å². The average molecular weight is 380 g/mol. The summed E-state index contributed by atoms with van der Waals surface area (Å²) in [5.41, 5.74) is 1.19. The summed E-state index contributed by atoms with van der Waals surface area (Å²) in [7, 11) is 1.58. The molecular weight excluding hydrogens is 350 g/mol. The molecular formula is C19H29N3O3S. The van der Waals surface area contributed by atoms with Gasteiger partial charge in [0, 0.05) is 25.1 Å². The van der Waals surface area contributed by atoms with Crippen molar-refractivity contribution in [2.75, 3.05) is 26.8 Å². The fourth-order valence-corrected chi connectivity index (χ4v) is 5.04. The van der Waals surface area contributed by atoms with Crippen LogP contribution in [0.1, 0.15) is 43.0 Å². The van der Waals surface area contributed by atoms with Crippen molar-refractivity contribution in [1.82, 2.24) is 14.9 Å². The van der Waals surface area contributed by atoms with Crippen LogP contribution in [-0.2, 0) is 24.1 Å². The highest BCUT2D eigenvalue weighted by molar-refractivity contribution is 7.18. The molecule has 144 valence electrons. The largest absolute Gasteiger partial charge is 0.389 e. The molecule has 1 atom stereocenters. The number of thiophene rings is 1. The average Bonchev–Trinajstić information content (AvgIpc) is 2.92. The highest BCUT2D eigenvalue weighted by Crippen LogP contribution is 2.33. The first-order chi connectivity index (χ1) is 12.5. The zero-order valence-electron chi connectivity index (χ0n) is 15.9. The molecule has 0 radical (unpaired) electrons. The number of aliphatic hydroxyl groups is 1. The molecule has 1 aliphatic carbocycles. The number of ether oxygens (including phenoxy) is 1. The summed E-state index contributed by atoms with van der Waals surface area (Å²) in [6.45, 7) is 6.42. The van der Waals surface area contributed by atoms with Crippen molar-refractivity contribution < 1.29 is 9.84 Å². The lowest BCUT2D eigenvalue weighted by Gasteiger charge is -2.26. The first-order valence-corrected chi connectivity index (χ1v) is 10.2. The monoisotopic (exact) mass is 379 g/mol. The maximum absolute atomic E-state index is 12.7. The Hall–Kier alpha value is -1.28. The summed E-state index contributed by atoms with van der Waals surface area (Å²) >= 11 is 1.67. The van der Waals surface area contributed by atoms with Crippen LogP contribution in [0.15, 0.2) is 4.79 Å². The van der Waals surface area contributed by atoms with Crippen LogP contribution in [0.3, 0.4) is 0 Å².